The molecule has 2 saturated heterocycles. The number of hydrogen-bond acceptors (Lipinski definition) is 4. The first kappa shape index (κ1) is 18.5. The van der Waals surface area contributed by atoms with Gasteiger partial charge in [0.1, 0.15) is 17.9 Å². The average molecular weight is 381 g/mol. The van der Waals surface area contributed by atoms with Crippen molar-refractivity contribution in [2.45, 2.75) is 51.2 Å². The van der Waals surface area contributed by atoms with Crippen molar-refractivity contribution in [2.24, 2.45) is 0 Å². The minimum atomic E-state index is -0.707. The molecule has 2 aliphatic rings. The summed E-state index contributed by atoms with van der Waals surface area (Å²) in [4.78, 5) is 30.3. The first-order valence-electron chi connectivity index (χ1n) is 9.93. The number of nitrogens with two attached hydrogens (primary N) is 1. The van der Waals surface area contributed by atoms with Crippen LogP contribution in [0, 0.1) is 6.92 Å². The molecule has 1 spiro atoms. The summed E-state index contributed by atoms with van der Waals surface area (Å²) in [5.41, 5.74) is 7.14. The quantitative estimate of drug-likeness (QED) is 0.877. The molecule has 0 bridgehead atoms. The summed E-state index contributed by atoms with van der Waals surface area (Å²) in [6.07, 6.45) is 3.22. The summed E-state index contributed by atoms with van der Waals surface area (Å²) in [5, 5.41) is 4.29. The molecular formula is C21H27N5O2. The Bertz CT molecular complexity index is 878. The lowest BCUT2D eigenvalue weighted by Gasteiger charge is -2.44. The lowest BCUT2D eigenvalue weighted by molar-refractivity contribution is -0.156. The highest BCUT2D eigenvalue weighted by Gasteiger charge is 2.52. The Balaban J connectivity index is 1.53. The second-order valence-corrected chi connectivity index (χ2v) is 7.86. The maximum atomic E-state index is 13.5. The molecule has 2 N–H and O–H groups in total. The van der Waals surface area contributed by atoms with Crippen LogP contribution in [0.1, 0.15) is 36.9 Å². The van der Waals surface area contributed by atoms with Gasteiger partial charge in [0.2, 0.25) is 11.8 Å². The van der Waals surface area contributed by atoms with Crippen LogP contribution < -0.4 is 5.73 Å². The van der Waals surface area contributed by atoms with Crippen LogP contribution in [0.4, 0.5) is 5.82 Å². The van der Waals surface area contributed by atoms with Crippen molar-refractivity contribution in [1.82, 2.24) is 19.6 Å². The first-order chi connectivity index (χ1) is 13.5. The van der Waals surface area contributed by atoms with Gasteiger partial charge in [-0.15, -0.1) is 0 Å². The molecule has 2 aromatic rings. The average Bonchev–Trinajstić information content (AvgIpc) is 3.23. The summed E-state index contributed by atoms with van der Waals surface area (Å²) in [6, 6.07) is 11.8. The van der Waals surface area contributed by atoms with E-state index < -0.39 is 5.54 Å². The van der Waals surface area contributed by atoms with E-state index in [1.54, 1.807) is 11.0 Å². The second-order valence-electron chi connectivity index (χ2n) is 7.86. The SMILES string of the molecule is Cc1cc(N)n(CC(=O)N2CCCC23CCCN(Cc2ccccc2)C3=O)n1. The molecule has 1 unspecified atom stereocenters. The summed E-state index contributed by atoms with van der Waals surface area (Å²) < 4.78 is 1.53. The molecule has 0 aliphatic carbocycles. The number of carbonyl (C=O) groups excluding carboxylic acids is 2. The number of hydrogen-bond donors (Lipinski definition) is 1. The Labute approximate surface area is 165 Å². The monoisotopic (exact) mass is 381 g/mol. The topological polar surface area (TPSA) is 84.5 Å². The molecule has 0 radical (unpaired) electrons. The summed E-state index contributed by atoms with van der Waals surface area (Å²) in [6.45, 7) is 3.87. The number of anilines is 1. The van der Waals surface area contributed by atoms with Crippen LogP contribution in [0.25, 0.3) is 0 Å². The third kappa shape index (κ3) is 3.25. The largest absolute Gasteiger partial charge is 0.384 e. The number of nitrogen functional groups attached to an aromatic ring is 1. The van der Waals surface area contributed by atoms with Gasteiger partial charge in [-0.1, -0.05) is 30.3 Å². The zero-order valence-corrected chi connectivity index (χ0v) is 16.3. The van der Waals surface area contributed by atoms with Crippen molar-refractivity contribution in [3.63, 3.8) is 0 Å². The molecule has 4 rings (SSSR count). The van der Waals surface area contributed by atoms with Gasteiger partial charge in [0.05, 0.1) is 5.69 Å². The van der Waals surface area contributed by atoms with E-state index in [1.165, 1.54) is 4.68 Å². The highest BCUT2D eigenvalue weighted by molar-refractivity contribution is 5.92. The standard InChI is InChI=1S/C21H27N5O2/c1-16-13-18(22)26(23-16)15-19(27)25-12-6-10-21(25)9-5-11-24(20(21)28)14-17-7-3-2-4-8-17/h2-4,7-8,13H,5-6,9-12,14-15,22H2,1H3. The van der Waals surface area contributed by atoms with Gasteiger partial charge in [-0.3, -0.25) is 9.59 Å². The van der Waals surface area contributed by atoms with Crippen molar-refractivity contribution in [3.8, 4) is 0 Å². The van der Waals surface area contributed by atoms with E-state index in [0.717, 1.165) is 43.5 Å². The molecule has 2 aliphatic heterocycles. The van der Waals surface area contributed by atoms with Crippen molar-refractivity contribution < 1.29 is 9.59 Å². The van der Waals surface area contributed by atoms with E-state index in [9.17, 15) is 9.59 Å². The third-order valence-corrected chi connectivity index (χ3v) is 5.93. The Kier molecular flexibility index (Phi) is 4.83. The smallest absolute Gasteiger partial charge is 0.248 e. The van der Waals surface area contributed by atoms with Gasteiger partial charge in [0, 0.05) is 25.7 Å². The number of amides is 2. The Morgan fingerprint density at radius 2 is 1.89 bits per heavy atom. The molecule has 28 heavy (non-hydrogen) atoms. The maximum absolute atomic E-state index is 13.5. The number of benzene rings is 1. The minimum absolute atomic E-state index is 0.0768. The van der Waals surface area contributed by atoms with E-state index in [-0.39, 0.29) is 18.4 Å². The Morgan fingerprint density at radius 3 is 2.57 bits per heavy atom. The van der Waals surface area contributed by atoms with Crippen LogP contribution >= 0.6 is 0 Å². The van der Waals surface area contributed by atoms with Gasteiger partial charge < -0.3 is 15.5 Å². The molecule has 3 heterocycles. The third-order valence-electron chi connectivity index (χ3n) is 5.93. The molecule has 7 heteroatoms. The number of rotatable bonds is 4. The molecular weight excluding hydrogens is 354 g/mol. The number of aryl methyl sites for hydroxylation is 1. The van der Waals surface area contributed by atoms with E-state index in [2.05, 4.69) is 5.10 Å². The molecule has 2 fully saturated rings. The van der Waals surface area contributed by atoms with Crippen molar-refractivity contribution in [1.29, 1.82) is 0 Å². The fourth-order valence-corrected chi connectivity index (χ4v) is 4.65. The van der Waals surface area contributed by atoms with Gasteiger partial charge in [-0.25, -0.2) is 4.68 Å². The first-order valence-corrected chi connectivity index (χ1v) is 9.93. The minimum Gasteiger partial charge on any atom is -0.384 e. The molecule has 1 atom stereocenters. The fraction of sp³-hybridized carbons (Fsp3) is 0.476. The highest BCUT2D eigenvalue weighted by atomic mass is 16.2. The van der Waals surface area contributed by atoms with Crippen LogP contribution in [0.15, 0.2) is 36.4 Å². The van der Waals surface area contributed by atoms with Gasteiger partial charge in [0.15, 0.2) is 0 Å². The molecule has 1 aromatic heterocycles. The molecule has 1 aromatic carbocycles. The summed E-state index contributed by atoms with van der Waals surface area (Å²) >= 11 is 0. The second kappa shape index (κ2) is 7.30. The van der Waals surface area contributed by atoms with E-state index in [4.69, 9.17) is 5.73 Å². The maximum Gasteiger partial charge on any atom is 0.248 e. The van der Waals surface area contributed by atoms with Crippen LogP contribution in [-0.2, 0) is 22.7 Å². The zero-order chi connectivity index (χ0) is 19.7. The van der Waals surface area contributed by atoms with E-state index >= 15 is 0 Å². The normalized spacial score (nSPS) is 22.2. The molecule has 0 saturated carbocycles. The summed E-state index contributed by atoms with van der Waals surface area (Å²) in [7, 11) is 0. The molecule has 2 amide bonds. The van der Waals surface area contributed by atoms with Crippen molar-refractivity contribution in [3.05, 3.63) is 47.7 Å². The fourth-order valence-electron chi connectivity index (χ4n) is 4.65. The summed E-state index contributed by atoms with van der Waals surface area (Å²) in [5.74, 6) is 0.472. The van der Waals surface area contributed by atoms with E-state index in [1.807, 2.05) is 42.2 Å². The van der Waals surface area contributed by atoms with Gasteiger partial charge in [-0.05, 0) is 38.2 Å². The Morgan fingerprint density at radius 1 is 1.18 bits per heavy atom. The Hall–Kier alpha value is -2.83. The number of nitrogens with zero attached hydrogens (tertiary/aromatic N) is 4. The number of aromatic nitrogens is 2. The van der Waals surface area contributed by atoms with Crippen molar-refractivity contribution in [2.75, 3.05) is 18.8 Å². The van der Waals surface area contributed by atoms with Crippen LogP contribution in [0.3, 0.4) is 0 Å². The van der Waals surface area contributed by atoms with E-state index in [0.29, 0.717) is 18.9 Å². The van der Waals surface area contributed by atoms with Crippen LogP contribution in [-0.4, -0.2) is 50.0 Å². The number of carbonyl (C=O) groups is 2. The van der Waals surface area contributed by atoms with Crippen LogP contribution in [0.2, 0.25) is 0 Å². The number of piperidine rings is 1. The highest BCUT2D eigenvalue weighted by Crippen LogP contribution is 2.39. The zero-order valence-electron chi connectivity index (χ0n) is 16.3. The lowest BCUT2D eigenvalue weighted by Crippen LogP contribution is -2.61. The molecule has 7 nitrogen and oxygen atoms in total. The van der Waals surface area contributed by atoms with Crippen LogP contribution in [0.5, 0.6) is 0 Å². The predicted octanol–water partition coefficient (Wildman–Crippen LogP) is 1.96. The van der Waals surface area contributed by atoms with Gasteiger partial charge in [-0.2, -0.15) is 5.10 Å². The number of likely N-dealkylation sites (tertiary alicyclic amines) is 2. The lowest BCUT2D eigenvalue weighted by atomic mass is 9.85. The molecule has 148 valence electrons. The predicted molar refractivity (Wildman–Crippen MR) is 106 cm³/mol. The van der Waals surface area contributed by atoms with Gasteiger partial charge >= 0.3 is 0 Å². The van der Waals surface area contributed by atoms with Gasteiger partial charge in [0.25, 0.3) is 0 Å². The van der Waals surface area contributed by atoms with Crippen molar-refractivity contribution >= 4 is 17.6 Å².